The van der Waals surface area contributed by atoms with E-state index >= 15 is 0 Å². The summed E-state index contributed by atoms with van der Waals surface area (Å²) in [5.74, 6) is 24.2. The molecule has 1 amide bonds. The fraction of sp³-hybridized carbons (Fsp3) is 0.625. The molecule has 0 atom stereocenters. The van der Waals surface area contributed by atoms with E-state index in [-0.39, 0.29) is 12.5 Å². The summed E-state index contributed by atoms with van der Waals surface area (Å²) in [5.41, 5.74) is 0. The number of ether oxygens (including phenoxy) is 1. The lowest BCUT2D eigenvalue weighted by atomic mass is 10.2. The first-order valence-electron chi connectivity index (χ1n) is 10.1. The lowest BCUT2D eigenvalue weighted by Gasteiger charge is -2.04. The molecule has 4 nitrogen and oxygen atoms in total. The second-order valence-electron chi connectivity index (χ2n) is 5.94. The van der Waals surface area contributed by atoms with Crippen molar-refractivity contribution in [3.63, 3.8) is 0 Å². The van der Waals surface area contributed by atoms with Gasteiger partial charge in [0.1, 0.15) is 0 Å². The molecule has 0 aromatic rings. The summed E-state index contributed by atoms with van der Waals surface area (Å²) in [6.07, 6.45) is 8.21. The number of unbranched alkanes of at least 4 members (excludes halogenated alkanes) is 4. The Kier molecular flexibility index (Phi) is 20.8. The maximum absolute atomic E-state index is 11.5. The molecule has 2 N–H and O–H groups in total. The number of hydrogen-bond donors (Lipinski definition) is 2. The van der Waals surface area contributed by atoms with Crippen LogP contribution in [-0.4, -0.2) is 37.4 Å². The Morgan fingerprint density at radius 2 is 1.39 bits per heavy atom. The smallest absolute Gasteiger partial charge is 0.220 e. The van der Waals surface area contributed by atoms with Gasteiger partial charge in [-0.1, -0.05) is 55.3 Å². The molecule has 0 aromatic carbocycles. The van der Waals surface area contributed by atoms with Gasteiger partial charge in [-0.05, 0) is 12.8 Å². The minimum Gasteiger partial charge on any atom is -0.394 e. The molecule has 4 heteroatoms. The third kappa shape index (κ3) is 21.7. The van der Waals surface area contributed by atoms with Crippen molar-refractivity contribution < 1.29 is 14.6 Å². The third-order valence-electron chi connectivity index (χ3n) is 3.45. The number of carbonyl (C=O) groups excluding carboxylic acids is 1. The van der Waals surface area contributed by atoms with Gasteiger partial charge in [0.25, 0.3) is 0 Å². The average Bonchev–Trinajstić information content (AvgIpc) is 2.70. The van der Waals surface area contributed by atoms with Gasteiger partial charge in [-0.15, -0.1) is 11.8 Å². The Balaban J connectivity index is 3.58. The lowest BCUT2D eigenvalue weighted by molar-refractivity contribution is -0.121. The van der Waals surface area contributed by atoms with E-state index in [1.165, 1.54) is 19.3 Å². The highest BCUT2D eigenvalue weighted by Crippen LogP contribution is 1.96. The summed E-state index contributed by atoms with van der Waals surface area (Å²) in [4.78, 5) is 11.5. The minimum atomic E-state index is -0.00147. The van der Waals surface area contributed by atoms with Crippen molar-refractivity contribution in [2.45, 2.75) is 71.1 Å². The topological polar surface area (TPSA) is 58.6 Å². The molecule has 28 heavy (non-hydrogen) atoms. The molecule has 0 aliphatic carbocycles. The van der Waals surface area contributed by atoms with Gasteiger partial charge < -0.3 is 15.2 Å². The van der Waals surface area contributed by atoms with Gasteiger partial charge in [-0.2, -0.15) is 0 Å². The molecule has 0 aliphatic heterocycles. The SMILES string of the molecule is CCCCCC#CCC#CCC#CCC#CCCCC(=O)NCCOCCO. The summed E-state index contributed by atoms with van der Waals surface area (Å²) in [7, 11) is 0. The fourth-order valence-corrected chi connectivity index (χ4v) is 2.00. The van der Waals surface area contributed by atoms with E-state index < -0.39 is 0 Å². The molecule has 0 saturated heterocycles. The molecule has 0 aliphatic rings. The van der Waals surface area contributed by atoms with Crippen molar-refractivity contribution in [2.75, 3.05) is 26.4 Å². The minimum absolute atomic E-state index is 0.00115. The Labute approximate surface area is 171 Å². The summed E-state index contributed by atoms with van der Waals surface area (Å²) in [6, 6.07) is 0. The van der Waals surface area contributed by atoms with Gasteiger partial charge in [0, 0.05) is 25.8 Å². The van der Waals surface area contributed by atoms with Gasteiger partial charge >= 0.3 is 0 Å². The Bertz CT molecular complexity index is 638. The average molecular weight is 384 g/mol. The number of nitrogens with one attached hydrogen (secondary N) is 1. The van der Waals surface area contributed by atoms with Crippen LogP contribution in [0.4, 0.5) is 0 Å². The highest BCUT2D eigenvalue weighted by molar-refractivity contribution is 5.75. The van der Waals surface area contributed by atoms with Crippen LogP contribution >= 0.6 is 0 Å². The quantitative estimate of drug-likeness (QED) is 0.426. The number of rotatable bonds is 11. The summed E-state index contributed by atoms with van der Waals surface area (Å²) < 4.78 is 5.06. The molecular weight excluding hydrogens is 350 g/mol. The molecule has 0 heterocycles. The van der Waals surface area contributed by atoms with Crippen molar-refractivity contribution in [1.29, 1.82) is 0 Å². The molecule has 152 valence electrons. The molecule has 0 saturated carbocycles. The molecule has 0 unspecified atom stereocenters. The van der Waals surface area contributed by atoms with Gasteiger partial charge in [0.15, 0.2) is 0 Å². The van der Waals surface area contributed by atoms with Gasteiger partial charge in [0.05, 0.1) is 39.1 Å². The summed E-state index contributed by atoms with van der Waals surface area (Å²) >= 11 is 0. The van der Waals surface area contributed by atoms with Crippen LogP contribution in [0.25, 0.3) is 0 Å². The number of hydrogen-bond acceptors (Lipinski definition) is 3. The molecule has 0 radical (unpaired) electrons. The first-order valence-corrected chi connectivity index (χ1v) is 10.1. The lowest BCUT2D eigenvalue weighted by Crippen LogP contribution is -2.27. The van der Waals surface area contributed by atoms with E-state index in [1.807, 2.05) is 0 Å². The van der Waals surface area contributed by atoms with Crippen LogP contribution in [0.3, 0.4) is 0 Å². The van der Waals surface area contributed by atoms with Gasteiger partial charge in [0.2, 0.25) is 5.91 Å². The highest BCUT2D eigenvalue weighted by atomic mass is 16.5. The van der Waals surface area contributed by atoms with E-state index in [0.717, 1.165) is 12.8 Å². The van der Waals surface area contributed by atoms with Gasteiger partial charge in [-0.3, -0.25) is 4.79 Å². The fourth-order valence-electron chi connectivity index (χ4n) is 2.00. The molecule has 0 fully saturated rings. The van der Waals surface area contributed by atoms with Crippen molar-refractivity contribution in [1.82, 2.24) is 5.32 Å². The molecule has 0 spiro atoms. The van der Waals surface area contributed by atoms with Crippen molar-refractivity contribution >= 4 is 5.91 Å². The standard InChI is InChI=1S/C24H33NO3/c1-2-3-4-5-6-7-8-9-10-11-12-13-14-15-16-17-18-19-24(27)25-20-22-28-23-21-26/h26H,2-5,8,11,14,17-23H2,1H3,(H,25,27). The summed E-state index contributed by atoms with van der Waals surface area (Å²) in [6.45, 7) is 3.37. The maximum atomic E-state index is 11.5. The normalized spacial score (nSPS) is 8.79. The van der Waals surface area contributed by atoms with E-state index in [9.17, 15) is 4.79 Å². The third-order valence-corrected chi connectivity index (χ3v) is 3.45. The van der Waals surface area contributed by atoms with Crippen molar-refractivity contribution in [3.05, 3.63) is 0 Å². The number of carbonyl (C=O) groups is 1. The molecule has 0 rings (SSSR count). The molecular formula is C24H33NO3. The first-order chi connectivity index (χ1) is 13.8. The van der Waals surface area contributed by atoms with Crippen LogP contribution in [0.15, 0.2) is 0 Å². The zero-order chi connectivity index (χ0) is 20.5. The van der Waals surface area contributed by atoms with E-state index in [2.05, 4.69) is 59.6 Å². The van der Waals surface area contributed by atoms with Crippen LogP contribution in [0, 0.1) is 47.4 Å². The van der Waals surface area contributed by atoms with E-state index in [0.29, 0.717) is 51.9 Å². The monoisotopic (exact) mass is 383 g/mol. The second kappa shape index (κ2) is 22.7. The number of aliphatic hydroxyl groups is 1. The van der Waals surface area contributed by atoms with Gasteiger partial charge in [-0.25, -0.2) is 0 Å². The zero-order valence-electron chi connectivity index (χ0n) is 17.2. The largest absolute Gasteiger partial charge is 0.394 e. The Hall–Kier alpha value is -2.37. The van der Waals surface area contributed by atoms with E-state index in [1.54, 1.807) is 0 Å². The molecule has 0 bridgehead atoms. The predicted molar refractivity (Wildman–Crippen MR) is 114 cm³/mol. The van der Waals surface area contributed by atoms with Crippen LogP contribution in [0.2, 0.25) is 0 Å². The van der Waals surface area contributed by atoms with Crippen molar-refractivity contribution in [3.8, 4) is 47.4 Å². The van der Waals surface area contributed by atoms with Crippen LogP contribution < -0.4 is 5.32 Å². The highest BCUT2D eigenvalue weighted by Gasteiger charge is 1.98. The number of aliphatic hydroxyl groups excluding tert-OH is 1. The van der Waals surface area contributed by atoms with Crippen molar-refractivity contribution in [2.24, 2.45) is 0 Å². The predicted octanol–water partition coefficient (Wildman–Crippen LogP) is 3.05. The van der Waals surface area contributed by atoms with E-state index in [4.69, 9.17) is 9.84 Å². The summed E-state index contributed by atoms with van der Waals surface area (Å²) in [5, 5.41) is 11.3. The Morgan fingerprint density at radius 1 is 0.821 bits per heavy atom. The van der Waals surface area contributed by atoms with Crippen LogP contribution in [0.5, 0.6) is 0 Å². The first kappa shape index (κ1) is 25.6. The Morgan fingerprint density at radius 3 is 1.96 bits per heavy atom. The maximum Gasteiger partial charge on any atom is 0.220 e. The van der Waals surface area contributed by atoms with Crippen LogP contribution in [-0.2, 0) is 9.53 Å². The zero-order valence-corrected chi connectivity index (χ0v) is 17.2. The second-order valence-corrected chi connectivity index (χ2v) is 5.94. The molecule has 0 aromatic heterocycles. The number of amides is 1. The van der Waals surface area contributed by atoms with Crippen LogP contribution in [0.1, 0.15) is 71.1 Å².